The van der Waals surface area contributed by atoms with Crippen molar-refractivity contribution >= 4 is 11.8 Å². The van der Waals surface area contributed by atoms with Gasteiger partial charge in [-0.15, -0.1) is 0 Å². The topological polar surface area (TPSA) is 49.4 Å². The van der Waals surface area contributed by atoms with Crippen molar-refractivity contribution in [2.45, 2.75) is 20.8 Å². The molecule has 18 heavy (non-hydrogen) atoms. The number of hydrogen-bond acceptors (Lipinski definition) is 2. The zero-order valence-electron chi connectivity index (χ0n) is 11.4. The summed E-state index contributed by atoms with van der Waals surface area (Å²) in [6.45, 7) is 6.46. The summed E-state index contributed by atoms with van der Waals surface area (Å²) in [5.74, 6) is -0.296. The Hall–Kier alpha value is -1.84. The predicted octanol–water partition coefficient (Wildman–Crippen LogP) is 1.51. The Labute approximate surface area is 108 Å². The lowest BCUT2D eigenvalue weighted by Gasteiger charge is -2.14. The van der Waals surface area contributed by atoms with Crippen molar-refractivity contribution in [1.29, 1.82) is 0 Å². The normalized spacial score (nSPS) is 10.0. The Balaban J connectivity index is 2.63. The SMILES string of the molecule is CCN(C)C(=O)CNC(=O)c1cc(C)cc(C)c1. The van der Waals surface area contributed by atoms with Gasteiger partial charge in [0.05, 0.1) is 6.54 Å². The van der Waals surface area contributed by atoms with Gasteiger partial charge < -0.3 is 10.2 Å². The monoisotopic (exact) mass is 248 g/mol. The van der Waals surface area contributed by atoms with Gasteiger partial charge >= 0.3 is 0 Å². The van der Waals surface area contributed by atoms with Gasteiger partial charge in [0.15, 0.2) is 0 Å². The quantitative estimate of drug-likeness (QED) is 0.878. The fourth-order valence-corrected chi connectivity index (χ4v) is 1.68. The van der Waals surface area contributed by atoms with Crippen LogP contribution in [0.5, 0.6) is 0 Å². The van der Waals surface area contributed by atoms with E-state index in [1.54, 1.807) is 11.9 Å². The van der Waals surface area contributed by atoms with Gasteiger partial charge in [-0.05, 0) is 32.9 Å². The first-order chi connectivity index (χ1) is 8.43. The number of nitrogens with one attached hydrogen (secondary N) is 1. The highest BCUT2D eigenvalue weighted by molar-refractivity contribution is 5.96. The third-order valence-electron chi connectivity index (χ3n) is 2.78. The van der Waals surface area contributed by atoms with Crippen LogP contribution in [0.2, 0.25) is 0 Å². The molecule has 1 aromatic carbocycles. The number of benzene rings is 1. The first kappa shape index (κ1) is 14.2. The van der Waals surface area contributed by atoms with Crippen LogP contribution < -0.4 is 5.32 Å². The highest BCUT2D eigenvalue weighted by Gasteiger charge is 2.10. The van der Waals surface area contributed by atoms with Gasteiger partial charge in [0, 0.05) is 19.2 Å². The molecule has 0 fully saturated rings. The third-order valence-corrected chi connectivity index (χ3v) is 2.78. The van der Waals surface area contributed by atoms with Crippen LogP contribution in [-0.2, 0) is 4.79 Å². The third kappa shape index (κ3) is 3.87. The minimum absolute atomic E-state index is 0.0379. The molecule has 0 radical (unpaired) electrons. The fraction of sp³-hybridized carbons (Fsp3) is 0.429. The summed E-state index contributed by atoms with van der Waals surface area (Å²) in [4.78, 5) is 25.0. The van der Waals surface area contributed by atoms with Gasteiger partial charge in [-0.3, -0.25) is 9.59 Å². The number of nitrogens with zero attached hydrogens (tertiary/aromatic N) is 1. The summed E-state index contributed by atoms with van der Waals surface area (Å²) >= 11 is 0. The number of likely N-dealkylation sites (N-methyl/N-ethyl adjacent to an activating group) is 1. The average molecular weight is 248 g/mol. The van der Waals surface area contributed by atoms with Gasteiger partial charge in [0.2, 0.25) is 5.91 Å². The molecule has 0 saturated heterocycles. The number of carbonyl (C=O) groups excluding carboxylic acids is 2. The molecule has 2 amide bonds. The molecule has 0 atom stereocenters. The van der Waals surface area contributed by atoms with Crippen LogP contribution in [0.1, 0.15) is 28.4 Å². The molecular formula is C14H20N2O2. The standard InChI is InChI=1S/C14H20N2O2/c1-5-16(4)13(17)9-15-14(18)12-7-10(2)6-11(3)8-12/h6-8H,5,9H2,1-4H3,(H,15,18). The van der Waals surface area contributed by atoms with E-state index in [1.807, 2.05) is 39.0 Å². The van der Waals surface area contributed by atoms with E-state index in [4.69, 9.17) is 0 Å². The zero-order chi connectivity index (χ0) is 13.7. The van der Waals surface area contributed by atoms with Gasteiger partial charge in [-0.1, -0.05) is 17.2 Å². The lowest BCUT2D eigenvalue weighted by Crippen LogP contribution is -2.38. The van der Waals surface area contributed by atoms with E-state index in [0.29, 0.717) is 12.1 Å². The maximum Gasteiger partial charge on any atom is 0.251 e. The molecule has 0 aliphatic rings. The Bertz CT molecular complexity index is 435. The highest BCUT2D eigenvalue weighted by Crippen LogP contribution is 2.08. The number of aryl methyl sites for hydroxylation is 2. The molecule has 1 aromatic rings. The smallest absolute Gasteiger partial charge is 0.251 e. The second kappa shape index (κ2) is 6.19. The number of amides is 2. The highest BCUT2D eigenvalue weighted by atomic mass is 16.2. The molecule has 0 saturated carbocycles. The number of rotatable bonds is 4. The van der Waals surface area contributed by atoms with E-state index in [9.17, 15) is 9.59 Å². The average Bonchev–Trinajstić information content (AvgIpc) is 2.33. The van der Waals surface area contributed by atoms with Crippen LogP contribution in [0.3, 0.4) is 0 Å². The van der Waals surface area contributed by atoms with Crippen molar-refractivity contribution in [3.8, 4) is 0 Å². The largest absolute Gasteiger partial charge is 0.345 e. The molecular weight excluding hydrogens is 228 g/mol. The van der Waals surface area contributed by atoms with E-state index in [2.05, 4.69) is 5.32 Å². The molecule has 0 aliphatic heterocycles. The molecule has 0 aliphatic carbocycles. The summed E-state index contributed by atoms with van der Waals surface area (Å²) < 4.78 is 0. The van der Waals surface area contributed by atoms with Crippen molar-refractivity contribution in [2.75, 3.05) is 20.1 Å². The van der Waals surface area contributed by atoms with Crippen LogP contribution >= 0.6 is 0 Å². The lowest BCUT2D eigenvalue weighted by atomic mass is 10.1. The Morgan fingerprint density at radius 3 is 2.22 bits per heavy atom. The van der Waals surface area contributed by atoms with Crippen molar-refractivity contribution in [3.63, 3.8) is 0 Å². The lowest BCUT2D eigenvalue weighted by molar-refractivity contribution is -0.128. The van der Waals surface area contributed by atoms with Crippen LogP contribution in [0, 0.1) is 13.8 Å². The van der Waals surface area contributed by atoms with Gasteiger partial charge in [0.25, 0.3) is 5.91 Å². The molecule has 0 bridgehead atoms. The second-order valence-corrected chi connectivity index (χ2v) is 4.47. The van der Waals surface area contributed by atoms with E-state index in [0.717, 1.165) is 11.1 Å². The maximum absolute atomic E-state index is 11.9. The van der Waals surface area contributed by atoms with E-state index in [1.165, 1.54) is 0 Å². The van der Waals surface area contributed by atoms with Crippen LogP contribution in [0.25, 0.3) is 0 Å². The second-order valence-electron chi connectivity index (χ2n) is 4.47. The molecule has 0 heterocycles. The first-order valence-electron chi connectivity index (χ1n) is 6.04. The van der Waals surface area contributed by atoms with Crippen LogP contribution in [-0.4, -0.2) is 36.9 Å². The zero-order valence-corrected chi connectivity index (χ0v) is 11.4. The Morgan fingerprint density at radius 1 is 1.17 bits per heavy atom. The van der Waals surface area contributed by atoms with Crippen molar-refractivity contribution in [1.82, 2.24) is 10.2 Å². The van der Waals surface area contributed by atoms with Crippen LogP contribution in [0.15, 0.2) is 18.2 Å². The Kier molecular flexibility index (Phi) is 4.89. The number of hydrogen-bond donors (Lipinski definition) is 1. The van der Waals surface area contributed by atoms with Gasteiger partial charge in [-0.2, -0.15) is 0 Å². The maximum atomic E-state index is 11.9. The van der Waals surface area contributed by atoms with Crippen LogP contribution in [0.4, 0.5) is 0 Å². The summed E-state index contributed by atoms with van der Waals surface area (Å²) in [6.07, 6.45) is 0. The van der Waals surface area contributed by atoms with E-state index >= 15 is 0 Å². The molecule has 98 valence electrons. The summed E-state index contributed by atoms with van der Waals surface area (Å²) in [5, 5.41) is 2.64. The van der Waals surface area contributed by atoms with E-state index < -0.39 is 0 Å². The van der Waals surface area contributed by atoms with Crippen molar-refractivity contribution < 1.29 is 9.59 Å². The van der Waals surface area contributed by atoms with E-state index in [-0.39, 0.29) is 18.4 Å². The predicted molar refractivity (Wildman–Crippen MR) is 71.6 cm³/mol. The molecule has 0 unspecified atom stereocenters. The van der Waals surface area contributed by atoms with Crippen molar-refractivity contribution in [2.24, 2.45) is 0 Å². The Morgan fingerprint density at radius 2 is 1.72 bits per heavy atom. The molecule has 1 N–H and O–H groups in total. The summed E-state index contributed by atoms with van der Waals surface area (Å²) in [7, 11) is 1.71. The molecule has 4 heteroatoms. The molecule has 0 aromatic heterocycles. The summed E-state index contributed by atoms with van der Waals surface area (Å²) in [6, 6.07) is 5.64. The minimum atomic E-state index is -0.209. The summed E-state index contributed by atoms with van der Waals surface area (Å²) in [5.41, 5.74) is 2.67. The minimum Gasteiger partial charge on any atom is -0.345 e. The molecule has 0 spiro atoms. The first-order valence-corrected chi connectivity index (χ1v) is 6.04. The van der Waals surface area contributed by atoms with Gasteiger partial charge in [-0.25, -0.2) is 0 Å². The molecule has 4 nitrogen and oxygen atoms in total. The number of carbonyl (C=O) groups is 2. The van der Waals surface area contributed by atoms with Gasteiger partial charge in [0.1, 0.15) is 0 Å². The van der Waals surface area contributed by atoms with Crippen molar-refractivity contribution in [3.05, 3.63) is 34.9 Å². The molecule has 1 rings (SSSR count). The fourth-order valence-electron chi connectivity index (χ4n) is 1.68.